The van der Waals surface area contributed by atoms with Gasteiger partial charge in [-0.15, -0.1) is 6.58 Å². The topological polar surface area (TPSA) is 37.3 Å². The van der Waals surface area contributed by atoms with Crippen molar-refractivity contribution in [2.24, 2.45) is 5.92 Å². The van der Waals surface area contributed by atoms with Crippen LogP contribution in [0.3, 0.4) is 0 Å². The molecule has 2 nitrogen and oxygen atoms in total. The van der Waals surface area contributed by atoms with Gasteiger partial charge in [0, 0.05) is 0 Å². The van der Waals surface area contributed by atoms with Gasteiger partial charge in [0.15, 0.2) is 0 Å². The lowest BCUT2D eigenvalue weighted by Gasteiger charge is -1.95. The van der Waals surface area contributed by atoms with Crippen molar-refractivity contribution >= 4 is 6.47 Å². The first-order valence-electron chi connectivity index (χ1n) is 4.58. The van der Waals surface area contributed by atoms with Crippen molar-refractivity contribution in [3.05, 3.63) is 48.6 Å². The van der Waals surface area contributed by atoms with Gasteiger partial charge in [-0.1, -0.05) is 36.4 Å². The summed E-state index contributed by atoms with van der Waals surface area (Å²) in [4.78, 5) is 8.36. The minimum absolute atomic E-state index is 0.250. The number of allylic oxidation sites excluding steroid dienone is 1. The molecule has 1 N–H and O–H groups in total. The molecule has 1 aliphatic rings. The molecule has 2 unspecified atom stereocenters. The summed E-state index contributed by atoms with van der Waals surface area (Å²) >= 11 is 0. The maximum Gasteiger partial charge on any atom is 0.290 e. The summed E-state index contributed by atoms with van der Waals surface area (Å²) in [5.41, 5.74) is 1.47. The lowest BCUT2D eigenvalue weighted by molar-refractivity contribution is -0.122. The first-order chi connectivity index (χ1) is 6.83. The van der Waals surface area contributed by atoms with Gasteiger partial charge in [0.1, 0.15) is 0 Å². The van der Waals surface area contributed by atoms with Gasteiger partial charge >= 0.3 is 0 Å². The van der Waals surface area contributed by atoms with Gasteiger partial charge in [0.25, 0.3) is 6.47 Å². The van der Waals surface area contributed by atoms with Crippen LogP contribution < -0.4 is 0 Å². The monoisotopic (exact) mass is 190 g/mol. The van der Waals surface area contributed by atoms with Crippen molar-refractivity contribution in [2.45, 2.75) is 12.3 Å². The zero-order chi connectivity index (χ0) is 10.4. The molecule has 2 rings (SSSR count). The van der Waals surface area contributed by atoms with E-state index < -0.39 is 0 Å². The van der Waals surface area contributed by atoms with E-state index in [4.69, 9.17) is 9.90 Å². The molecule has 0 spiro atoms. The minimum Gasteiger partial charge on any atom is -0.483 e. The van der Waals surface area contributed by atoms with Crippen LogP contribution in [0.15, 0.2) is 43.0 Å². The van der Waals surface area contributed by atoms with E-state index >= 15 is 0 Å². The lowest BCUT2D eigenvalue weighted by Crippen LogP contribution is -1.78. The van der Waals surface area contributed by atoms with E-state index in [1.807, 2.05) is 0 Å². The van der Waals surface area contributed by atoms with Crippen LogP contribution >= 0.6 is 0 Å². The average molecular weight is 190 g/mol. The molecule has 14 heavy (non-hydrogen) atoms. The number of benzene rings is 1. The predicted molar refractivity (Wildman–Crippen MR) is 56.2 cm³/mol. The maximum atomic E-state index is 8.36. The van der Waals surface area contributed by atoms with E-state index in [0.29, 0.717) is 0 Å². The highest BCUT2D eigenvalue weighted by atomic mass is 16.3. The van der Waals surface area contributed by atoms with Gasteiger partial charge in [0.2, 0.25) is 0 Å². The zero-order valence-corrected chi connectivity index (χ0v) is 7.97. The van der Waals surface area contributed by atoms with Crippen LogP contribution in [0.1, 0.15) is 17.9 Å². The number of carbonyl (C=O) groups is 1. The standard InChI is InChI=1S/C11H12.CH2O2/c1-2-9-8-11(9)10-6-4-3-5-7-10;2-1-3/h2-7,9,11H,1,8H2;1H,(H,2,3). The normalized spacial score (nSPS) is 22.9. The van der Waals surface area contributed by atoms with Crippen molar-refractivity contribution in [3.63, 3.8) is 0 Å². The molecule has 0 bridgehead atoms. The van der Waals surface area contributed by atoms with Crippen LogP contribution in [0.2, 0.25) is 0 Å². The Morgan fingerprint density at radius 3 is 2.36 bits per heavy atom. The fourth-order valence-corrected chi connectivity index (χ4v) is 1.56. The highest BCUT2D eigenvalue weighted by Crippen LogP contribution is 2.47. The summed E-state index contributed by atoms with van der Waals surface area (Å²) in [6.07, 6.45) is 3.37. The van der Waals surface area contributed by atoms with Crippen molar-refractivity contribution < 1.29 is 9.90 Å². The Labute approximate surface area is 83.9 Å². The third kappa shape index (κ3) is 2.73. The Bertz CT molecular complexity index is 292. The molecule has 0 aliphatic heterocycles. The average Bonchev–Trinajstić information content (AvgIpc) is 2.99. The van der Waals surface area contributed by atoms with Gasteiger partial charge in [-0.25, -0.2) is 0 Å². The van der Waals surface area contributed by atoms with E-state index in [1.165, 1.54) is 12.0 Å². The Kier molecular flexibility index (Phi) is 3.92. The van der Waals surface area contributed by atoms with Gasteiger partial charge in [-0.05, 0) is 23.8 Å². The molecule has 0 heterocycles. The summed E-state index contributed by atoms with van der Waals surface area (Å²) < 4.78 is 0. The van der Waals surface area contributed by atoms with E-state index in [2.05, 4.69) is 43.0 Å². The summed E-state index contributed by atoms with van der Waals surface area (Å²) in [6, 6.07) is 10.7. The second-order valence-corrected chi connectivity index (χ2v) is 3.26. The number of rotatable bonds is 2. The van der Waals surface area contributed by atoms with Crippen LogP contribution in [0, 0.1) is 5.92 Å². The molecule has 74 valence electrons. The van der Waals surface area contributed by atoms with Crippen LogP contribution in [-0.2, 0) is 4.79 Å². The molecule has 2 heteroatoms. The van der Waals surface area contributed by atoms with E-state index in [0.717, 1.165) is 11.8 Å². The minimum atomic E-state index is -0.250. The van der Waals surface area contributed by atoms with Gasteiger partial charge in [0.05, 0.1) is 0 Å². The van der Waals surface area contributed by atoms with E-state index in [-0.39, 0.29) is 6.47 Å². The summed E-state index contributed by atoms with van der Waals surface area (Å²) in [7, 11) is 0. The highest BCUT2D eigenvalue weighted by molar-refractivity contribution is 5.32. The molecular weight excluding hydrogens is 176 g/mol. The SMILES string of the molecule is C=CC1CC1c1ccccc1.O=CO. The van der Waals surface area contributed by atoms with Crippen molar-refractivity contribution in [3.8, 4) is 0 Å². The van der Waals surface area contributed by atoms with E-state index in [9.17, 15) is 0 Å². The second-order valence-electron chi connectivity index (χ2n) is 3.26. The van der Waals surface area contributed by atoms with Crippen molar-refractivity contribution in [1.29, 1.82) is 0 Å². The molecular formula is C12H14O2. The molecule has 0 aromatic heterocycles. The molecule has 1 fully saturated rings. The van der Waals surface area contributed by atoms with E-state index in [1.54, 1.807) is 0 Å². The lowest BCUT2D eigenvalue weighted by atomic mass is 10.1. The Hall–Kier alpha value is -1.57. The quantitative estimate of drug-likeness (QED) is 0.575. The summed E-state index contributed by atoms with van der Waals surface area (Å²) in [6.45, 7) is 3.55. The van der Waals surface area contributed by atoms with Crippen LogP contribution in [0.25, 0.3) is 0 Å². The molecule has 0 amide bonds. The zero-order valence-electron chi connectivity index (χ0n) is 7.97. The summed E-state index contributed by atoms with van der Waals surface area (Å²) in [5, 5.41) is 6.89. The van der Waals surface area contributed by atoms with Crippen molar-refractivity contribution in [1.82, 2.24) is 0 Å². The second kappa shape index (κ2) is 5.22. The molecule has 1 saturated carbocycles. The third-order valence-corrected chi connectivity index (χ3v) is 2.37. The largest absolute Gasteiger partial charge is 0.483 e. The molecule has 2 atom stereocenters. The Morgan fingerprint density at radius 1 is 1.36 bits per heavy atom. The fourth-order valence-electron chi connectivity index (χ4n) is 1.56. The Balaban J connectivity index is 0.000000293. The number of hydrogen-bond donors (Lipinski definition) is 1. The molecule has 0 saturated heterocycles. The predicted octanol–water partition coefficient (Wildman–Crippen LogP) is 2.68. The van der Waals surface area contributed by atoms with Crippen molar-refractivity contribution in [2.75, 3.05) is 0 Å². The van der Waals surface area contributed by atoms with Gasteiger partial charge < -0.3 is 5.11 Å². The fraction of sp³-hybridized carbons (Fsp3) is 0.250. The first kappa shape index (κ1) is 10.5. The maximum absolute atomic E-state index is 8.36. The number of carboxylic acid groups (broad SMARTS) is 1. The Morgan fingerprint density at radius 2 is 1.93 bits per heavy atom. The molecule has 0 radical (unpaired) electrons. The van der Waals surface area contributed by atoms with Crippen LogP contribution in [0.4, 0.5) is 0 Å². The van der Waals surface area contributed by atoms with Crippen LogP contribution in [-0.4, -0.2) is 11.6 Å². The molecule has 1 aromatic rings. The first-order valence-corrected chi connectivity index (χ1v) is 4.58. The number of hydrogen-bond acceptors (Lipinski definition) is 1. The smallest absolute Gasteiger partial charge is 0.290 e. The third-order valence-electron chi connectivity index (χ3n) is 2.37. The molecule has 1 aliphatic carbocycles. The molecule has 1 aromatic carbocycles. The highest BCUT2D eigenvalue weighted by Gasteiger charge is 2.35. The summed E-state index contributed by atoms with van der Waals surface area (Å²) in [5.74, 6) is 1.52. The van der Waals surface area contributed by atoms with Gasteiger partial charge in [-0.3, -0.25) is 4.79 Å². The van der Waals surface area contributed by atoms with Gasteiger partial charge in [-0.2, -0.15) is 0 Å². The van der Waals surface area contributed by atoms with Crippen LogP contribution in [0.5, 0.6) is 0 Å².